The second kappa shape index (κ2) is 18.6. The van der Waals surface area contributed by atoms with Gasteiger partial charge in [0.2, 0.25) is 0 Å². The van der Waals surface area contributed by atoms with Crippen LogP contribution in [-0.2, 0) is 31.6 Å². The zero-order chi connectivity index (χ0) is 38.1. The van der Waals surface area contributed by atoms with E-state index in [1.165, 1.54) is 27.6 Å². The molecule has 0 radical (unpaired) electrons. The highest BCUT2D eigenvalue weighted by Crippen LogP contribution is 2.67. The number of nitrogen functional groups attached to an aromatic ring is 1. The Morgan fingerprint density at radius 2 is 1.41 bits per heavy atom. The molecule has 0 bridgehead atoms. The molecule has 51 heavy (non-hydrogen) atoms. The maximum absolute atomic E-state index is 12.9. The van der Waals surface area contributed by atoms with Gasteiger partial charge in [0.05, 0.1) is 6.33 Å². The number of allylic oxidation sites excluding steroid dienone is 7. The van der Waals surface area contributed by atoms with Crippen molar-refractivity contribution in [3.63, 3.8) is 0 Å². The van der Waals surface area contributed by atoms with Crippen molar-refractivity contribution in [1.29, 1.82) is 0 Å². The number of hydrogen-bond acceptors (Lipinski definition) is 13. The van der Waals surface area contributed by atoms with E-state index >= 15 is 0 Å². The van der Waals surface area contributed by atoms with Crippen molar-refractivity contribution in [3.05, 3.63) is 59.3 Å². The maximum atomic E-state index is 12.9. The van der Waals surface area contributed by atoms with Crippen molar-refractivity contribution in [1.82, 2.24) is 19.5 Å². The second-order valence-electron chi connectivity index (χ2n) is 12.6. The van der Waals surface area contributed by atoms with Crippen LogP contribution in [0.15, 0.2) is 59.3 Å². The number of aliphatic hydroxyl groups excluding tert-OH is 2. The van der Waals surface area contributed by atoms with E-state index in [9.17, 15) is 33.7 Å². The number of fused-ring (bicyclic) bond motifs is 1. The molecule has 7 atom stereocenters. The van der Waals surface area contributed by atoms with E-state index in [0.717, 1.165) is 37.6 Å². The van der Waals surface area contributed by atoms with Gasteiger partial charge in [0.1, 0.15) is 36.3 Å². The summed E-state index contributed by atoms with van der Waals surface area (Å²) in [6, 6.07) is 0. The fourth-order valence-corrected chi connectivity index (χ4v) is 8.50. The van der Waals surface area contributed by atoms with Gasteiger partial charge in [-0.2, -0.15) is 8.62 Å². The standard InChI is InChI=1S/C30H48N5O13P3/c1-19(2)9-6-10-20(3)11-7-12-21(4)13-8-14-22(5)15-16-23(46-50(41,42)48-51(43,44)47-49(38,39)40)27-25(36)26(37)30(45-27)35-18-34-24-28(31)32-17-33-29(24)35/h9,11,13,15,17-18,23,25-27,30,36-37H,6-8,10,12,14,16H2,1-5H3,(H,41,42)(H,43,44)(H2,31,32,33)(H2,38,39,40)/t23?,25-,26+,27+,30+/m0/s1. The molecule has 0 spiro atoms. The number of phosphoric ester groups is 1. The Kier molecular flexibility index (Phi) is 15.7. The first-order valence-electron chi connectivity index (χ1n) is 16.0. The molecular weight excluding hydrogens is 731 g/mol. The van der Waals surface area contributed by atoms with Crippen molar-refractivity contribution < 1.29 is 61.4 Å². The van der Waals surface area contributed by atoms with Gasteiger partial charge < -0.3 is 40.3 Å². The van der Waals surface area contributed by atoms with Gasteiger partial charge in [-0.3, -0.25) is 9.09 Å². The van der Waals surface area contributed by atoms with E-state index in [0.29, 0.717) is 12.8 Å². The molecule has 1 aliphatic heterocycles. The second-order valence-corrected chi connectivity index (χ2v) is 16.9. The van der Waals surface area contributed by atoms with Gasteiger partial charge in [0, 0.05) is 0 Å². The molecule has 8 N–H and O–H groups in total. The quantitative estimate of drug-likeness (QED) is 0.0706. The molecule has 2 aromatic rings. The zero-order valence-corrected chi connectivity index (χ0v) is 31.7. The number of hydrogen-bond donors (Lipinski definition) is 7. The molecule has 0 amide bonds. The van der Waals surface area contributed by atoms with Gasteiger partial charge in [-0.15, -0.1) is 0 Å². The number of ether oxygens (including phenoxy) is 1. The van der Waals surface area contributed by atoms with Crippen LogP contribution in [0.2, 0.25) is 0 Å². The van der Waals surface area contributed by atoms with Crippen LogP contribution in [0, 0.1) is 0 Å². The molecule has 3 heterocycles. The van der Waals surface area contributed by atoms with Crippen molar-refractivity contribution in [2.75, 3.05) is 5.73 Å². The van der Waals surface area contributed by atoms with Crippen molar-refractivity contribution in [2.24, 2.45) is 0 Å². The highest BCUT2D eigenvalue weighted by Gasteiger charge is 2.50. The van der Waals surface area contributed by atoms with Crippen LogP contribution < -0.4 is 5.73 Å². The van der Waals surface area contributed by atoms with Crippen LogP contribution in [0.5, 0.6) is 0 Å². The predicted octanol–water partition coefficient (Wildman–Crippen LogP) is 5.28. The van der Waals surface area contributed by atoms with E-state index < -0.39 is 54.1 Å². The van der Waals surface area contributed by atoms with E-state index in [-0.39, 0.29) is 23.4 Å². The Labute approximate surface area is 296 Å². The van der Waals surface area contributed by atoms with E-state index in [1.807, 2.05) is 0 Å². The van der Waals surface area contributed by atoms with E-state index in [1.54, 1.807) is 13.0 Å². The molecular formula is C30H48N5O13P3. The lowest BCUT2D eigenvalue weighted by molar-refractivity contribution is -0.0798. The van der Waals surface area contributed by atoms with E-state index in [4.69, 9.17) is 24.8 Å². The highest BCUT2D eigenvalue weighted by molar-refractivity contribution is 7.66. The predicted molar refractivity (Wildman–Crippen MR) is 187 cm³/mol. The van der Waals surface area contributed by atoms with E-state index in [2.05, 4.69) is 69.5 Å². The number of phosphoric acid groups is 3. The van der Waals surface area contributed by atoms with Crippen LogP contribution >= 0.6 is 23.5 Å². The van der Waals surface area contributed by atoms with Crippen LogP contribution in [0.1, 0.15) is 85.8 Å². The largest absolute Gasteiger partial charge is 0.490 e. The monoisotopic (exact) mass is 779 g/mol. The summed E-state index contributed by atoms with van der Waals surface area (Å²) in [5, 5.41) is 22.0. The van der Waals surface area contributed by atoms with Gasteiger partial charge >= 0.3 is 23.5 Å². The first-order chi connectivity index (χ1) is 23.7. The lowest BCUT2D eigenvalue weighted by atomic mass is 10.0. The Bertz CT molecular complexity index is 1770. The molecule has 1 fully saturated rings. The Balaban J connectivity index is 1.75. The SMILES string of the molecule is CC(C)=CCCC(C)=CCCC(C)=CCCC(C)=CCC(OP(=O)(O)OP(=O)(O)OP(=O)(O)O)[C@H]1O[C@@H](n2cnc3c(N)ncnc32)[C@H](O)[C@@H]1O. The average molecular weight is 780 g/mol. The minimum Gasteiger partial charge on any atom is -0.387 e. The lowest BCUT2D eigenvalue weighted by Crippen LogP contribution is -2.39. The number of aromatic nitrogens is 4. The fourth-order valence-electron chi connectivity index (χ4n) is 5.29. The van der Waals surface area contributed by atoms with Crippen LogP contribution in [0.4, 0.5) is 5.82 Å². The number of anilines is 1. The summed E-state index contributed by atoms with van der Waals surface area (Å²) in [6.45, 7) is 10.1. The summed E-state index contributed by atoms with van der Waals surface area (Å²) < 4.78 is 56.0. The highest BCUT2D eigenvalue weighted by atomic mass is 31.3. The molecule has 286 valence electrons. The third-order valence-corrected chi connectivity index (χ3v) is 11.7. The maximum Gasteiger partial charge on any atom is 0.490 e. The first-order valence-corrected chi connectivity index (χ1v) is 20.6. The molecule has 1 aliphatic rings. The molecule has 3 unspecified atom stereocenters. The average Bonchev–Trinajstić information content (AvgIpc) is 3.54. The van der Waals surface area contributed by atoms with Crippen LogP contribution in [-0.4, -0.2) is 73.7 Å². The molecule has 0 aliphatic carbocycles. The van der Waals surface area contributed by atoms with Crippen LogP contribution in [0.25, 0.3) is 11.2 Å². The minimum atomic E-state index is -5.84. The molecule has 3 rings (SSSR count). The number of imidazole rings is 1. The number of nitrogens with zero attached hydrogens (tertiary/aromatic N) is 4. The van der Waals surface area contributed by atoms with Crippen molar-refractivity contribution in [2.45, 2.75) is 110 Å². The first kappa shape index (κ1) is 43.0. The Morgan fingerprint density at radius 3 is 1.98 bits per heavy atom. The van der Waals surface area contributed by atoms with Crippen molar-refractivity contribution >= 4 is 40.4 Å². The van der Waals surface area contributed by atoms with Gasteiger partial charge in [-0.25, -0.2) is 28.6 Å². The fraction of sp³-hybridized carbons (Fsp3) is 0.567. The molecule has 0 aromatic carbocycles. The third kappa shape index (κ3) is 13.8. The number of nitrogens with two attached hydrogens (primary N) is 1. The minimum absolute atomic E-state index is 0.0391. The summed E-state index contributed by atoms with van der Waals surface area (Å²) in [4.78, 5) is 49.8. The topological polar surface area (TPSA) is 279 Å². The Morgan fingerprint density at radius 1 is 0.843 bits per heavy atom. The molecule has 0 saturated carbocycles. The Hall–Kier alpha value is -2.40. The normalized spacial score (nSPS) is 23.6. The molecule has 1 saturated heterocycles. The lowest BCUT2D eigenvalue weighted by Gasteiger charge is -2.27. The summed E-state index contributed by atoms with van der Waals surface area (Å²) in [7, 11) is -17.1. The van der Waals surface area contributed by atoms with Crippen LogP contribution in [0.3, 0.4) is 0 Å². The molecule has 21 heteroatoms. The van der Waals surface area contributed by atoms with Gasteiger partial charge in [0.15, 0.2) is 17.7 Å². The van der Waals surface area contributed by atoms with Gasteiger partial charge in [-0.05, 0) is 79.6 Å². The summed E-state index contributed by atoms with van der Waals surface area (Å²) >= 11 is 0. The van der Waals surface area contributed by atoms with Gasteiger partial charge in [0.25, 0.3) is 0 Å². The summed E-state index contributed by atoms with van der Waals surface area (Å²) in [5.74, 6) is 0.0391. The van der Waals surface area contributed by atoms with Crippen molar-refractivity contribution in [3.8, 4) is 0 Å². The smallest absolute Gasteiger partial charge is 0.387 e. The summed E-state index contributed by atoms with van der Waals surface area (Å²) in [6.07, 6.45) is 7.53. The summed E-state index contributed by atoms with van der Waals surface area (Å²) in [5.41, 5.74) is 10.8. The number of aliphatic hydroxyl groups is 2. The zero-order valence-electron chi connectivity index (χ0n) is 29.0. The third-order valence-electron chi connectivity index (χ3n) is 7.84. The number of rotatable bonds is 19. The molecule has 2 aromatic heterocycles. The molecule has 18 nitrogen and oxygen atoms in total. The van der Waals surface area contributed by atoms with Gasteiger partial charge in [-0.1, -0.05) is 46.6 Å².